The first-order chi connectivity index (χ1) is 9.77. The van der Waals surface area contributed by atoms with Crippen LogP contribution in [0.15, 0.2) is 4.90 Å². The molecule has 2 heterocycles. The molecule has 0 saturated carbocycles. The van der Waals surface area contributed by atoms with Crippen LogP contribution in [-0.2, 0) is 10.0 Å². The average Bonchev–Trinajstić information content (AvgIpc) is 3.02. The summed E-state index contributed by atoms with van der Waals surface area (Å²) < 4.78 is 30.2. The summed E-state index contributed by atoms with van der Waals surface area (Å²) in [5.74, 6) is 0.106. The van der Waals surface area contributed by atoms with E-state index in [-0.39, 0.29) is 16.1 Å². The van der Waals surface area contributed by atoms with Crippen molar-refractivity contribution in [1.29, 1.82) is 0 Å². The van der Waals surface area contributed by atoms with Crippen molar-refractivity contribution < 1.29 is 8.42 Å². The third-order valence-corrected chi connectivity index (χ3v) is 7.55. The van der Waals surface area contributed by atoms with Crippen LogP contribution in [0.2, 0.25) is 0 Å². The van der Waals surface area contributed by atoms with Gasteiger partial charge in [0.25, 0.3) is 0 Å². The van der Waals surface area contributed by atoms with Crippen molar-refractivity contribution in [3.8, 4) is 0 Å². The molecule has 1 saturated heterocycles. The standard InChI is InChI=1S/C13H24N4O2S2/c1-5-13(6-2)7-8-17(9-13)12-10(11(14)15-20-12)21(18,19)16(3)4/h5-9H2,1-4H3,(H2,14,15). The lowest BCUT2D eigenvalue weighted by molar-refractivity contribution is 0.301. The van der Waals surface area contributed by atoms with Gasteiger partial charge < -0.3 is 10.6 Å². The quantitative estimate of drug-likeness (QED) is 0.892. The topological polar surface area (TPSA) is 79.5 Å². The number of nitrogens with two attached hydrogens (primary N) is 1. The van der Waals surface area contributed by atoms with E-state index in [1.54, 1.807) is 0 Å². The van der Waals surface area contributed by atoms with Crippen LogP contribution in [0, 0.1) is 5.41 Å². The van der Waals surface area contributed by atoms with E-state index in [1.807, 2.05) is 0 Å². The lowest BCUT2D eigenvalue weighted by Crippen LogP contribution is -2.28. The lowest BCUT2D eigenvalue weighted by atomic mass is 9.82. The molecule has 0 spiro atoms. The Morgan fingerprint density at radius 1 is 1.38 bits per heavy atom. The first kappa shape index (κ1) is 16.5. The Kier molecular flexibility index (Phi) is 4.51. The van der Waals surface area contributed by atoms with Crippen molar-refractivity contribution in [2.24, 2.45) is 5.41 Å². The van der Waals surface area contributed by atoms with Gasteiger partial charge in [-0.1, -0.05) is 13.8 Å². The first-order valence-electron chi connectivity index (χ1n) is 7.20. The Labute approximate surface area is 131 Å². The Bertz CT molecular complexity index is 606. The predicted octanol–water partition coefficient (Wildman–Crippen LogP) is 1.99. The molecule has 21 heavy (non-hydrogen) atoms. The van der Waals surface area contributed by atoms with Gasteiger partial charge in [0, 0.05) is 27.2 Å². The third-order valence-electron chi connectivity index (χ3n) is 4.62. The molecule has 1 aliphatic heterocycles. The molecule has 0 radical (unpaired) electrons. The fourth-order valence-electron chi connectivity index (χ4n) is 2.85. The molecular weight excluding hydrogens is 308 g/mol. The van der Waals surface area contributed by atoms with E-state index in [4.69, 9.17) is 5.73 Å². The van der Waals surface area contributed by atoms with E-state index in [9.17, 15) is 8.42 Å². The van der Waals surface area contributed by atoms with Gasteiger partial charge in [0.2, 0.25) is 10.0 Å². The molecule has 1 aromatic heterocycles. The zero-order valence-electron chi connectivity index (χ0n) is 13.1. The van der Waals surface area contributed by atoms with Gasteiger partial charge in [0.05, 0.1) is 0 Å². The minimum atomic E-state index is -3.57. The summed E-state index contributed by atoms with van der Waals surface area (Å²) in [6, 6.07) is 0. The second-order valence-electron chi connectivity index (χ2n) is 5.87. The van der Waals surface area contributed by atoms with Gasteiger partial charge in [-0.3, -0.25) is 0 Å². The van der Waals surface area contributed by atoms with E-state index < -0.39 is 10.0 Å². The van der Waals surface area contributed by atoms with Crippen LogP contribution < -0.4 is 10.6 Å². The van der Waals surface area contributed by atoms with Gasteiger partial charge in [0.1, 0.15) is 5.00 Å². The van der Waals surface area contributed by atoms with Crippen molar-refractivity contribution in [3.05, 3.63) is 0 Å². The first-order valence-corrected chi connectivity index (χ1v) is 9.41. The molecule has 0 aromatic carbocycles. The molecule has 1 aliphatic rings. The summed E-state index contributed by atoms with van der Waals surface area (Å²) in [4.78, 5) is 2.30. The average molecular weight is 332 g/mol. The van der Waals surface area contributed by atoms with Gasteiger partial charge in [-0.05, 0) is 36.2 Å². The van der Waals surface area contributed by atoms with Crippen LogP contribution in [0.3, 0.4) is 0 Å². The largest absolute Gasteiger partial charge is 0.382 e. The van der Waals surface area contributed by atoms with E-state index in [0.29, 0.717) is 5.00 Å². The molecule has 0 bridgehead atoms. The number of hydrogen-bond acceptors (Lipinski definition) is 6. The molecule has 120 valence electrons. The molecule has 0 amide bonds. The zero-order valence-corrected chi connectivity index (χ0v) is 14.7. The normalized spacial score (nSPS) is 18.6. The van der Waals surface area contributed by atoms with Gasteiger partial charge in [-0.2, -0.15) is 4.37 Å². The monoisotopic (exact) mass is 332 g/mol. The summed E-state index contributed by atoms with van der Waals surface area (Å²) >= 11 is 1.18. The van der Waals surface area contributed by atoms with E-state index in [2.05, 4.69) is 23.1 Å². The van der Waals surface area contributed by atoms with Crippen LogP contribution in [0.5, 0.6) is 0 Å². The fourth-order valence-corrected chi connectivity index (χ4v) is 5.09. The van der Waals surface area contributed by atoms with Crippen LogP contribution in [0.25, 0.3) is 0 Å². The van der Waals surface area contributed by atoms with E-state index >= 15 is 0 Å². The van der Waals surface area contributed by atoms with Crippen molar-refractivity contribution in [3.63, 3.8) is 0 Å². The fraction of sp³-hybridized carbons (Fsp3) is 0.769. The Morgan fingerprint density at radius 2 is 2.00 bits per heavy atom. The molecular formula is C13H24N4O2S2. The highest BCUT2D eigenvalue weighted by Crippen LogP contribution is 2.43. The van der Waals surface area contributed by atoms with Crippen molar-refractivity contribution in [2.45, 2.75) is 38.0 Å². The Morgan fingerprint density at radius 3 is 2.48 bits per heavy atom. The molecule has 0 aliphatic carbocycles. The number of sulfonamides is 1. The smallest absolute Gasteiger partial charge is 0.249 e. The molecule has 0 atom stereocenters. The number of nitrogens with zero attached hydrogens (tertiary/aromatic N) is 3. The van der Waals surface area contributed by atoms with Crippen LogP contribution in [0.4, 0.5) is 10.8 Å². The number of aromatic nitrogens is 1. The van der Waals surface area contributed by atoms with Crippen LogP contribution in [0.1, 0.15) is 33.1 Å². The highest BCUT2D eigenvalue weighted by atomic mass is 32.2. The number of nitrogen functional groups attached to an aromatic ring is 1. The minimum absolute atomic E-state index is 0.106. The van der Waals surface area contributed by atoms with Crippen LogP contribution >= 0.6 is 11.5 Å². The molecule has 8 heteroatoms. The van der Waals surface area contributed by atoms with E-state index in [1.165, 1.54) is 29.9 Å². The van der Waals surface area contributed by atoms with Crippen molar-refractivity contribution in [1.82, 2.24) is 8.68 Å². The molecule has 1 fully saturated rings. The second-order valence-corrected chi connectivity index (χ2v) is 8.71. The molecule has 6 nitrogen and oxygen atoms in total. The van der Waals surface area contributed by atoms with Gasteiger partial charge in [0.15, 0.2) is 10.7 Å². The van der Waals surface area contributed by atoms with Crippen LogP contribution in [-0.4, -0.2) is 44.3 Å². The SMILES string of the molecule is CCC1(CC)CCN(c2snc(N)c2S(=O)(=O)N(C)C)C1. The third kappa shape index (κ3) is 2.76. The summed E-state index contributed by atoms with van der Waals surface area (Å²) in [6.07, 6.45) is 3.29. The van der Waals surface area contributed by atoms with Gasteiger partial charge >= 0.3 is 0 Å². The van der Waals surface area contributed by atoms with Gasteiger partial charge in [-0.15, -0.1) is 0 Å². The van der Waals surface area contributed by atoms with Crippen molar-refractivity contribution >= 4 is 32.4 Å². The van der Waals surface area contributed by atoms with E-state index in [0.717, 1.165) is 32.4 Å². The molecule has 2 rings (SSSR count). The highest BCUT2D eigenvalue weighted by Gasteiger charge is 2.39. The maximum absolute atomic E-state index is 12.5. The zero-order chi connectivity index (χ0) is 15.8. The molecule has 2 N–H and O–H groups in total. The second kappa shape index (κ2) is 5.73. The number of rotatable bonds is 5. The maximum atomic E-state index is 12.5. The summed E-state index contributed by atoms with van der Waals surface area (Å²) in [7, 11) is -0.536. The lowest BCUT2D eigenvalue weighted by Gasteiger charge is -2.27. The molecule has 0 unspecified atom stereocenters. The maximum Gasteiger partial charge on any atom is 0.249 e. The summed E-state index contributed by atoms with van der Waals surface area (Å²) in [5, 5.41) is 0.685. The molecule has 1 aromatic rings. The predicted molar refractivity (Wildman–Crippen MR) is 87.2 cm³/mol. The highest BCUT2D eigenvalue weighted by molar-refractivity contribution is 7.89. The Hall–Kier alpha value is -0.860. The number of hydrogen-bond donors (Lipinski definition) is 1. The Balaban J connectivity index is 2.40. The minimum Gasteiger partial charge on any atom is -0.382 e. The van der Waals surface area contributed by atoms with Crippen molar-refractivity contribution in [2.75, 3.05) is 37.8 Å². The number of anilines is 2. The van der Waals surface area contributed by atoms with Gasteiger partial charge in [-0.25, -0.2) is 12.7 Å². The summed E-state index contributed by atoms with van der Waals surface area (Å²) in [6.45, 7) is 6.13. The summed E-state index contributed by atoms with van der Waals surface area (Å²) in [5.41, 5.74) is 6.11.